The molecule has 1 aromatic rings. The highest BCUT2D eigenvalue weighted by Crippen LogP contribution is 2.25. The topological polar surface area (TPSA) is 27.0 Å². The largest absolute Gasteiger partial charge is 0.294 e. The molecular weight excluding hydrogens is 208 g/mol. The molecule has 1 aromatic carbocycles. The number of nitriles is 1. The molecule has 2 atom stereocenters. The Kier molecular flexibility index (Phi) is 3.81. The molecule has 17 heavy (non-hydrogen) atoms. The fraction of sp³-hybridized carbons (Fsp3) is 0.533. The minimum Gasteiger partial charge on any atom is -0.294 e. The van der Waals surface area contributed by atoms with Crippen LogP contribution in [0.25, 0.3) is 0 Å². The van der Waals surface area contributed by atoms with Gasteiger partial charge in [0.05, 0.1) is 11.6 Å². The van der Waals surface area contributed by atoms with E-state index >= 15 is 0 Å². The lowest BCUT2D eigenvalue weighted by molar-refractivity contribution is 0.0952. The molecule has 1 saturated heterocycles. The Bertz CT molecular complexity index is 409. The van der Waals surface area contributed by atoms with Crippen LogP contribution in [-0.4, -0.2) is 17.0 Å². The van der Waals surface area contributed by atoms with Gasteiger partial charge < -0.3 is 0 Å². The number of nitrogens with zero attached hydrogens (tertiary/aromatic N) is 2. The zero-order chi connectivity index (χ0) is 12.3. The molecule has 0 unspecified atom stereocenters. The van der Waals surface area contributed by atoms with E-state index in [-0.39, 0.29) is 0 Å². The lowest BCUT2D eigenvalue weighted by atomic mass is 9.96. The van der Waals surface area contributed by atoms with E-state index in [1.54, 1.807) is 0 Å². The van der Waals surface area contributed by atoms with Gasteiger partial charge in [0.15, 0.2) is 0 Å². The Balaban J connectivity index is 2.17. The van der Waals surface area contributed by atoms with Gasteiger partial charge in [0.25, 0.3) is 0 Å². The number of likely N-dealkylation sites (tertiary alicyclic amines) is 1. The van der Waals surface area contributed by atoms with Crippen LogP contribution in [-0.2, 0) is 6.54 Å². The fourth-order valence-electron chi connectivity index (χ4n) is 2.75. The molecule has 90 valence electrons. The summed E-state index contributed by atoms with van der Waals surface area (Å²) in [6.07, 6.45) is 3.89. The predicted molar refractivity (Wildman–Crippen MR) is 69.5 cm³/mol. The molecule has 1 heterocycles. The lowest BCUT2D eigenvalue weighted by Crippen LogP contribution is -2.43. The summed E-state index contributed by atoms with van der Waals surface area (Å²) in [5.41, 5.74) is 1.98. The zero-order valence-electron chi connectivity index (χ0n) is 10.7. The van der Waals surface area contributed by atoms with E-state index in [2.05, 4.69) is 30.9 Å². The minimum absolute atomic E-state index is 0.630. The summed E-state index contributed by atoms with van der Waals surface area (Å²) in [5, 5.41) is 9.11. The lowest BCUT2D eigenvalue weighted by Gasteiger charge is -2.39. The summed E-state index contributed by atoms with van der Waals surface area (Å²) in [4.78, 5) is 2.53. The number of hydrogen-bond donors (Lipinski definition) is 0. The van der Waals surface area contributed by atoms with Crippen molar-refractivity contribution in [3.05, 3.63) is 35.4 Å². The van der Waals surface area contributed by atoms with E-state index in [1.807, 2.05) is 18.2 Å². The van der Waals surface area contributed by atoms with Crippen molar-refractivity contribution in [2.45, 2.75) is 51.7 Å². The molecule has 1 fully saturated rings. The molecule has 0 N–H and O–H groups in total. The van der Waals surface area contributed by atoms with Crippen LogP contribution in [0.4, 0.5) is 0 Å². The van der Waals surface area contributed by atoms with E-state index in [0.717, 1.165) is 17.7 Å². The average molecular weight is 228 g/mol. The summed E-state index contributed by atoms with van der Waals surface area (Å²) < 4.78 is 0. The molecular formula is C15H20N2. The molecule has 0 amide bonds. The van der Waals surface area contributed by atoms with Gasteiger partial charge in [-0.3, -0.25) is 4.90 Å². The summed E-state index contributed by atoms with van der Waals surface area (Å²) in [5.74, 6) is 0. The summed E-state index contributed by atoms with van der Waals surface area (Å²) in [7, 11) is 0. The third-order valence-electron chi connectivity index (χ3n) is 3.87. The van der Waals surface area contributed by atoms with E-state index in [4.69, 9.17) is 5.26 Å². The maximum atomic E-state index is 9.11. The van der Waals surface area contributed by atoms with Gasteiger partial charge in [-0.15, -0.1) is 0 Å². The number of rotatable bonds is 2. The molecule has 0 spiro atoms. The Labute approximate surface area is 104 Å². The van der Waals surface area contributed by atoms with Gasteiger partial charge in [-0.25, -0.2) is 0 Å². The first-order valence-electron chi connectivity index (χ1n) is 6.46. The van der Waals surface area contributed by atoms with Crippen molar-refractivity contribution in [2.75, 3.05) is 0 Å². The molecule has 0 aliphatic carbocycles. The van der Waals surface area contributed by atoms with Gasteiger partial charge in [-0.2, -0.15) is 5.26 Å². The van der Waals surface area contributed by atoms with Crippen LogP contribution in [0.1, 0.15) is 44.2 Å². The predicted octanol–water partition coefficient (Wildman–Crippen LogP) is 3.32. The molecule has 0 bridgehead atoms. The van der Waals surface area contributed by atoms with Crippen molar-refractivity contribution in [2.24, 2.45) is 0 Å². The van der Waals surface area contributed by atoms with Crippen LogP contribution in [0.15, 0.2) is 24.3 Å². The van der Waals surface area contributed by atoms with Crippen molar-refractivity contribution < 1.29 is 0 Å². The molecule has 2 rings (SSSR count). The first kappa shape index (κ1) is 12.1. The number of piperidine rings is 1. The van der Waals surface area contributed by atoms with Gasteiger partial charge >= 0.3 is 0 Å². The van der Waals surface area contributed by atoms with Crippen LogP contribution < -0.4 is 0 Å². The second-order valence-electron chi connectivity index (χ2n) is 5.07. The molecule has 2 heteroatoms. The SMILES string of the molecule is C[C@@H]1CCC[C@H](C)N1Cc1ccccc1C#N. The third-order valence-corrected chi connectivity index (χ3v) is 3.87. The van der Waals surface area contributed by atoms with Crippen LogP contribution in [0, 0.1) is 11.3 Å². The van der Waals surface area contributed by atoms with Gasteiger partial charge in [0.1, 0.15) is 0 Å². The van der Waals surface area contributed by atoms with Crippen LogP contribution >= 0.6 is 0 Å². The molecule has 1 aliphatic heterocycles. The highest BCUT2D eigenvalue weighted by atomic mass is 15.2. The van der Waals surface area contributed by atoms with Gasteiger partial charge in [-0.1, -0.05) is 24.6 Å². The molecule has 0 radical (unpaired) electrons. The van der Waals surface area contributed by atoms with Gasteiger partial charge in [-0.05, 0) is 38.3 Å². The Morgan fingerprint density at radius 1 is 1.24 bits per heavy atom. The summed E-state index contributed by atoms with van der Waals surface area (Å²) >= 11 is 0. The van der Waals surface area contributed by atoms with E-state index in [1.165, 1.54) is 19.3 Å². The van der Waals surface area contributed by atoms with Crippen molar-refractivity contribution >= 4 is 0 Å². The highest BCUT2D eigenvalue weighted by molar-refractivity contribution is 5.37. The second kappa shape index (κ2) is 5.33. The van der Waals surface area contributed by atoms with Crippen LogP contribution in [0.5, 0.6) is 0 Å². The maximum absolute atomic E-state index is 9.11. The number of benzene rings is 1. The van der Waals surface area contributed by atoms with Gasteiger partial charge in [0, 0.05) is 18.6 Å². The van der Waals surface area contributed by atoms with E-state index in [9.17, 15) is 0 Å². The maximum Gasteiger partial charge on any atom is 0.0995 e. The summed E-state index contributed by atoms with van der Waals surface area (Å²) in [6, 6.07) is 11.5. The molecule has 2 nitrogen and oxygen atoms in total. The third kappa shape index (κ3) is 2.68. The smallest absolute Gasteiger partial charge is 0.0995 e. The summed E-state index contributed by atoms with van der Waals surface area (Å²) in [6.45, 7) is 5.50. The van der Waals surface area contributed by atoms with Crippen molar-refractivity contribution in [3.63, 3.8) is 0 Å². The van der Waals surface area contributed by atoms with Crippen LogP contribution in [0.2, 0.25) is 0 Å². The van der Waals surface area contributed by atoms with E-state index < -0.39 is 0 Å². The number of hydrogen-bond acceptors (Lipinski definition) is 2. The second-order valence-corrected chi connectivity index (χ2v) is 5.07. The quantitative estimate of drug-likeness (QED) is 0.776. The molecule has 0 aromatic heterocycles. The Hall–Kier alpha value is -1.33. The monoisotopic (exact) mass is 228 g/mol. The Morgan fingerprint density at radius 2 is 1.88 bits per heavy atom. The average Bonchev–Trinajstić information content (AvgIpc) is 2.34. The Morgan fingerprint density at radius 3 is 2.53 bits per heavy atom. The zero-order valence-corrected chi connectivity index (χ0v) is 10.7. The molecule has 0 saturated carbocycles. The van der Waals surface area contributed by atoms with Crippen molar-refractivity contribution in [3.8, 4) is 6.07 Å². The van der Waals surface area contributed by atoms with Crippen molar-refractivity contribution in [1.82, 2.24) is 4.90 Å². The standard InChI is InChI=1S/C15H20N2/c1-12-6-5-7-13(2)17(12)11-15-9-4-3-8-14(15)10-16/h3-4,8-9,12-13H,5-7,11H2,1-2H3/t12-,13+. The van der Waals surface area contributed by atoms with Crippen LogP contribution in [0.3, 0.4) is 0 Å². The molecule has 1 aliphatic rings. The van der Waals surface area contributed by atoms with Gasteiger partial charge in [0.2, 0.25) is 0 Å². The first-order chi connectivity index (χ1) is 8.22. The van der Waals surface area contributed by atoms with E-state index in [0.29, 0.717) is 12.1 Å². The fourth-order valence-corrected chi connectivity index (χ4v) is 2.75. The van der Waals surface area contributed by atoms with Crippen molar-refractivity contribution in [1.29, 1.82) is 5.26 Å². The normalized spacial score (nSPS) is 25.5. The first-order valence-corrected chi connectivity index (χ1v) is 6.46. The minimum atomic E-state index is 0.630. The highest BCUT2D eigenvalue weighted by Gasteiger charge is 2.24.